The summed E-state index contributed by atoms with van der Waals surface area (Å²) < 4.78 is 7.93. The van der Waals surface area contributed by atoms with Gasteiger partial charge in [-0.3, -0.25) is 0 Å². The number of rotatable bonds is 5. The van der Waals surface area contributed by atoms with Gasteiger partial charge in [0.25, 0.3) is 4.96 Å². The number of benzene rings is 1. The summed E-state index contributed by atoms with van der Waals surface area (Å²) in [5.74, 6) is 0.254. The lowest BCUT2D eigenvalue weighted by molar-refractivity contribution is -0.389. The van der Waals surface area contributed by atoms with E-state index in [9.17, 15) is 10.1 Å². The molecule has 0 amide bonds. The van der Waals surface area contributed by atoms with Crippen LogP contribution in [-0.4, -0.2) is 40.6 Å². The van der Waals surface area contributed by atoms with Gasteiger partial charge in [-0.1, -0.05) is 33.3 Å². The van der Waals surface area contributed by atoms with Crippen LogP contribution in [0, 0.1) is 10.1 Å². The Balaban J connectivity index is 1.61. The van der Waals surface area contributed by atoms with Crippen LogP contribution in [0.2, 0.25) is 0 Å². The molecule has 136 valence electrons. The minimum Gasteiger partial charge on any atom is -0.378 e. The molecule has 3 aromatic rings. The SMILES string of the molecule is O=[N+]([O-])c1c(NCc2ccc(Br)cc2N2CCOCC2)nc2sccn12. The third-order valence-electron chi connectivity index (χ3n) is 4.26. The molecule has 2 aromatic heterocycles. The van der Waals surface area contributed by atoms with Crippen molar-refractivity contribution in [3.8, 4) is 0 Å². The number of morpholine rings is 1. The van der Waals surface area contributed by atoms with E-state index >= 15 is 0 Å². The van der Waals surface area contributed by atoms with Gasteiger partial charge in [0.05, 0.1) is 13.2 Å². The molecular weight excluding hydrogens is 422 g/mol. The quantitative estimate of drug-likeness (QED) is 0.485. The number of nitrogens with zero attached hydrogens (tertiary/aromatic N) is 4. The van der Waals surface area contributed by atoms with E-state index in [1.807, 2.05) is 12.1 Å². The molecule has 0 saturated carbocycles. The predicted octanol–water partition coefficient (Wildman–Crippen LogP) is 3.52. The normalized spacial score (nSPS) is 14.7. The largest absolute Gasteiger partial charge is 0.378 e. The van der Waals surface area contributed by atoms with Gasteiger partial charge in [-0.15, -0.1) is 0 Å². The Kier molecular flexibility index (Phi) is 4.79. The van der Waals surface area contributed by atoms with Gasteiger partial charge in [0.1, 0.15) is 6.20 Å². The number of fused-ring (bicyclic) bond motifs is 1. The highest BCUT2D eigenvalue weighted by Crippen LogP contribution is 2.30. The second kappa shape index (κ2) is 7.22. The van der Waals surface area contributed by atoms with Crippen LogP contribution in [0.3, 0.4) is 0 Å². The fourth-order valence-electron chi connectivity index (χ4n) is 3.03. The van der Waals surface area contributed by atoms with Gasteiger partial charge in [-0.25, -0.2) is 0 Å². The average molecular weight is 438 g/mol. The van der Waals surface area contributed by atoms with Crippen LogP contribution in [0.15, 0.2) is 34.2 Å². The van der Waals surface area contributed by atoms with Crippen LogP contribution in [0.5, 0.6) is 0 Å². The Morgan fingerprint density at radius 2 is 2.19 bits per heavy atom. The first-order valence-corrected chi connectivity index (χ1v) is 9.75. The minimum absolute atomic E-state index is 0.0358. The molecule has 0 aliphatic carbocycles. The zero-order chi connectivity index (χ0) is 18.1. The predicted molar refractivity (Wildman–Crippen MR) is 104 cm³/mol. The average Bonchev–Trinajstić information content (AvgIpc) is 3.21. The number of halogens is 1. The number of aromatic nitrogens is 2. The Morgan fingerprint density at radius 1 is 1.38 bits per heavy atom. The number of imidazole rings is 1. The molecule has 8 nitrogen and oxygen atoms in total. The highest BCUT2D eigenvalue weighted by molar-refractivity contribution is 9.10. The summed E-state index contributed by atoms with van der Waals surface area (Å²) in [4.78, 5) is 18.3. The molecule has 1 aliphatic rings. The standard InChI is InChI=1S/C16H16BrN5O3S/c17-12-2-1-11(13(9-12)20-3-6-25-7-4-20)10-18-14-15(22(23)24)21-5-8-26-16(21)19-14/h1-2,5,8-9,18H,3-4,6-7,10H2. The van der Waals surface area contributed by atoms with Gasteiger partial charge in [-0.05, 0) is 22.6 Å². The minimum atomic E-state index is -0.403. The van der Waals surface area contributed by atoms with E-state index in [0.717, 1.165) is 28.8 Å². The summed E-state index contributed by atoms with van der Waals surface area (Å²) in [5.41, 5.74) is 2.15. The van der Waals surface area contributed by atoms with Crippen LogP contribution >= 0.6 is 27.3 Å². The maximum atomic E-state index is 11.4. The third-order valence-corrected chi connectivity index (χ3v) is 5.51. The molecule has 0 atom stereocenters. The van der Waals surface area contributed by atoms with E-state index in [-0.39, 0.29) is 11.6 Å². The summed E-state index contributed by atoms with van der Waals surface area (Å²) in [7, 11) is 0. The van der Waals surface area contributed by atoms with Gasteiger partial charge < -0.3 is 25.1 Å². The van der Waals surface area contributed by atoms with Crippen LogP contribution in [0.25, 0.3) is 4.96 Å². The lowest BCUT2D eigenvalue weighted by Crippen LogP contribution is -2.36. The van der Waals surface area contributed by atoms with Crippen molar-refractivity contribution >= 4 is 49.6 Å². The molecule has 26 heavy (non-hydrogen) atoms. The maximum Gasteiger partial charge on any atom is 0.372 e. The van der Waals surface area contributed by atoms with Crippen molar-refractivity contribution in [1.82, 2.24) is 9.38 Å². The van der Waals surface area contributed by atoms with Crippen molar-refractivity contribution in [2.75, 3.05) is 36.5 Å². The molecule has 0 bridgehead atoms. The summed E-state index contributed by atoms with van der Waals surface area (Å²) in [6.45, 7) is 3.49. The molecule has 1 aromatic carbocycles. The molecule has 1 N–H and O–H groups in total. The molecule has 4 rings (SSSR count). The second-order valence-electron chi connectivity index (χ2n) is 5.82. The Labute approximate surface area is 161 Å². The fourth-order valence-corrected chi connectivity index (χ4v) is 4.09. The molecule has 3 heterocycles. The first-order chi connectivity index (χ1) is 12.6. The molecule has 0 unspecified atom stereocenters. The number of ether oxygens (including phenoxy) is 1. The van der Waals surface area contributed by atoms with Crippen molar-refractivity contribution in [2.24, 2.45) is 0 Å². The number of anilines is 2. The van der Waals surface area contributed by atoms with Crippen LogP contribution < -0.4 is 10.2 Å². The van der Waals surface area contributed by atoms with E-state index in [1.54, 1.807) is 11.6 Å². The summed E-state index contributed by atoms with van der Waals surface area (Å²) in [5, 5.41) is 16.4. The fraction of sp³-hybridized carbons (Fsp3) is 0.312. The van der Waals surface area contributed by atoms with Crippen molar-refractivity contribution < 1.29 is 9.66 Å². The van der Waals surface area contributed by atoms with Gasteiger partial charge in [-0.2, -0.15) is 9.38 Å². The summed E-state index contributed by atoms with van der Waals surface area (Å²) in [6, 6.07) is 6.07. The molecule has 0 spiro atoms. The zero-order valence-corrected chi connectivity index (χ0v) is 16.1. The lowest BCUT2D eigenvalue weighted by Gasteiger charge is -2.30. The van der Waals surface area contributed by atoms with E-state index in [1.165, 1.54) is 15.7 Å². The third kappa shape index (κ3) is 3.27. The highest BCUT2D eigenvalue weighted by atomic mass is 79.9. The molecular formula is C16H16BrN5O3S. The van der Waals surface area contributed by atoms with Gasteiger partial charge in [0.15, 0.2) is 0 Å². The number of nitrogens with one attached hydrogen (secondary N) is 1. The zero-order valence-electron chi connectivity index (χ0n) is 13.7. The summed E-state index contributed by atoms with van der Waals surface area (Å²) >= 11 is 4.89. The Morgan fingerprint density at radius 3 is 2.96 bits per heavy atom. The Bertz CT molecular complexity index is 951. The number of nitro groups is 1. The molecule has 1 fully saturated rings. The van der Waals surface area contributed by atoms with E-state index < -0.39 is 4.92 Å². The maximum absolute atomic E-state index is 11.4. The second-order valence-corrected chi connectivity index (χ2v) is 7.61. The van der Waals surface area contributed by atoms with E-state index in [2.05, 4.69) is 37.2 Å². The first kappa shape index (κ1) is 17.3. The van der Waals surface area contributed by atoms with Gasteiger partial charge >= 0.3 is 5.82 Å². The molecule has 1 aliphatic heterocycles. The van der Waals surface area contributed by atoms with Crippen molar-refractivity contribution in [1.29, 1.82) is 0 Å². The lowest BCUT2D eigenvalue weighted by atomic mass is 10.1. The van der Waals surface area contributed by atoms with Crippen molar-refractivity contribution in [3.05, 3.63) is 49.9 Å². The Hall–Kier alpha value is -2.17. The van der Waals surface area contributed by atoms with Crippen LogP contribution in [0.1, 0.15) is 5.56 Å². The van der Waals surface area contributed by atoms with Crippen LogP contribution in [-0.2, 0) is 11.3 Å². The molecule has 1 saturated heterocycles. The highest BCUT2D eigenvalue weighted by Gasteiger charge is 2.24. The first-order valence-electron chi connectivity index (χ1n) is 8.08. The number of thiazole rings is 1. The van der Waals surface area contributed by atoms with Gasteiger partial charge in [0, 0.05) is 35.2 Å². The van der Waals surface area contributed by atoms with E-state index in [0.29, 0.717) is 24.7 Å². The topological polar surface area (TPSA) is 84.9 Å². The molecule has 0 radical (unpaired) electrons. The summed E-state index contributed by atoms with van der Waals surface area (Å²) in [6.07, 6.45) is 1.66. The van der Waals surface area contributed by atoms with Crippen molar-refractivity contribution in [3.63, 3.8) is 0 Å². The molecule has 10 heteroatoms. The number of hydrogen-bond acceptors (Lipinski definition) is 7. The van der Waals surface area contributed by atoms with Gasteiger partial charge in [0.2, 0.25) is 5.82 Å². The number of hydrogen-bond donors (Lipinski definition) is 1. The van der Waals surface area contributed by atoms with E-state index in [4.69, 9.17) is 4.74 Å². The van der Waals surface area contributed by atoms with Crippen LogP contribution in [0.4, 0.5) is 17.3 Å². The smallest absolute Gasteiger partial charge is 0.372 e. The van der Waals surface area contributed by atoms with Crippen molar-refractivity contribution in [2.45, 2.75) is 6.54 Å². The monoisotopic (exact) mass is 437 g/mol.